The molecule has 0 spiro atoms. The Bertz CT molecular complexity index is 436. The summed E-state index contributed by atoms with van der Waals surface area (Å²) in [7, 11) is 0. The van der Waals surface area contributed by atoms with Gasteiger partial charge in [-0.15, -0.1) is 11.3 Å². The second kappa shape index (κ2) is 7.57. The van der Waals surface area contributed by atoms with Crippen LogP contribution in [0.25, 0.3) is 6.08 Å². The standard InChI is InChI=1S/C15H21NO3S/c17-9-10-19-15(7-1-2-8-15)12-16-14(18)6-5-13-4-3-11-20-13/h3-6,11,17H,1-2,7-10,12H2,(H,16,18)/b6-5+. The van der Waals surface area contributed by atoms with Crippen molar-refractivity contribution in [1.29, 1.82) is 0 Å². The van der Waals surface area contributed by atoms with Crippen LogP contribution in [-0.2, 0) is 9.53 Å². The highest BCUT2D eigenvalue weighted by molar-refractivity contribution is 7.10. The van der Waals surface area contributed by atoms with Crippen LogP contribution in [-0.4, -0.2) is 36.4 Å². The van der Waals surface area contributed by atoms with Crippen LogP contribution in [0.2, 0.25) is 0 Å². The van der Waals surface area contributed by atoms with Crippen molar-refractivity contribution in [3.8, 4) is 0 Å². The van der Waals surface area contributed by atoms with E-state index in [9.17, 15) is 4.79 Å². The largest absolute Gasteiger partial charge is 0.394 e. The van der Waals surface area contributed by atoms with E-state index in [0.717, 1.165) is 30.6 Å². The van der Waals surface area contributed by atoms with E-state index >= 15 is 0 Å². The Morgan fingerprint density at radius 1 is 1.50 bits per heavy atom. The fraction of sp³-hybridized carbons (Fsp3) is 0.533. The highest BCUT2D eigenvalue weighted by atomic mass is 32.1. The Morgan fingerprint density at radius 2 is 2.30 bits per heavy atom. The average molecular weight is 295 g/mol. The molecule has 1 saturated carbocycles. The van der Waals surface area contributed by atoms with E-state index in [0.29, 0.717) is 13.2 Å². The molecule has 110 valence electrons. The lowest BCUT2D eigenvalue weighted by Crippen LogP contribution is -2.43. The van der Waals surface area contributed by atoms with E-state index in [1.807, 2.05) is 23.6 Å². The third-order valence-electron chi connectivity index (χ3n) is 3.54. The van der Waals surface area contributed by atoms with Crippen LogP contribution in [0.1, 0.15) is 30.6 Å². The molecule has 20 heavy (non-hydrogen) atoms. The first kappa shape index (κ1) is 15.2. The minimum atomic E-state index is -0.283. The Kier molecular flexibility index (Phi) is 5.76. The molecule has 1 fully saturated rings. The third kappa shape index (κ3) is 4.44. The second-order valence-corrected chi connectivity index (χ2v) is 6.01. The van der Waals surface area contributed by atoms with Crippen molar-refractivity contribution in [2.75, 3.05) is 19.8 Å². The molecule has 2 N–H and O–H groups in total. The van der Waals surface area contributed by atoms with Gasteiger partial charge < -0.3 is 15.2 Å². The molecule has 0 atom stereocenters. The van der Waals surface area contributed by atoms with Crippen LogP contribution in [0.3, 0.4) is 0 Å². The number of hydrogen-bond donors (Lipinski definition) is 2. The number of nitrogens with one attached hydrogen (secondary N) is 1. The van der Waals surface area contributed by atoms with Crippen LogP contribution < -0.4 is 5.32 Å². The summed E-state index contributed by atoms with van der Waals surface area (Å²) in [5.41, 5.74) is -0.283. The second-order valence-electron chi connectivity index (χ2n) is 5.03. The molecule has 5 heteroatoms. The van der Waals surface area contributed by atoms with Gasteiger partial charge in [0.05, 0.1) is 18.8 Å². The molecule has 0 aromatic carbocycles. The van der Waals surface area contributed by atoms with Crippen molar-refractivity contribution >= 4 is 23.3 Å². The molecule has 1 amide bonds. The summed E-state index contributed by atoms with van der Waals surface area (Å²) in [6.07, 6.45) is 7.50. The van der Waals surface area contributed by atoms with Crippen LogP contribution in [0.15, 0.2) is 23.6 Å². The topological polar surface area (TPSA) is 58.6 Å². The maximum absolute atomic E-state index is 11.8. The zero-order valence-corrected chi connectivity index (χ0v) is 12.3. The number of amides is 1. The lowest BCUT2D eigenvalue weighted by atomic mass is 10.0. The van der Waals surface area contributed by atoms with Gasteiger partial charge >= 0.3 is 0 Å². The van der Waals surface area contributed by atoms with E-state index in [4.69, 9.17) is 9.84 Å². The van der Waals surface area contributed by atoms with E-state index < -0.39 is 0 Å². The zero-order valence-electron chi connectivity index (χ0n) is 11.5. The van der Waals surface area contributed by atoms with Crippen molar-refractivity contribution in [2.45, 2.75) is 31.3 Å². The fourth-order valence-electron chi connectivity index (χ4n) is 2.50. The molecular weight excluding hydrogens is 274 g/mol. The summed E-state index contributed by atoms with van der Waals surface area (Å²) in [6, 6.07) is 3.93. The Morgan fingerprint density at radius 3 is 2.95 bits per heavy atom. The number of thiophene rings is 1. The molecule has 1 aliphatic rings. The monoisotopic (exact) mass is 295 g/mol. The number of carbonyl (C=O) groups is 1. The molecule has 0 radical (unpaired) electrons. The van der Waals surface area contributed by atoms with E-state index in [1.54, 1.807) is 17.4 Å². The van der Waals surface area contributed by atoms with Gasteiger partial charge in [-0.1, -0.05) is 18.9 Å². The van der Waals surface area contributed by atoms with Crippen LogP contribution >= 0.6 is 11.3 Å². The van der Waals surface area contributed by atoms with E-state index in [1.165, 1.54) is 0 Å². The number of aliphatic hydroxyl groups excluding tert-OH is 1. The van der Waals surface area contributed by atoms with Gasteiger partial charge in [0, 0.05) is 17.5 Å². The maximum atomic E-state index is 11.8. The van der Waals surface area contributed by atoms with E-state index in [2.05, 4.69) is 5.32 Å². The molecule has 0 saturated heterocycles. The van der Waals surface area contributed by atoms with Gasteiger partial charge in [0.2, 0.25) is 5.91 Å². The van der Waals surface area contributed by atoms with Gasteiger partial charge in [-0.05, 0) is 30.4 Å². The molecule has 1 aromatic rings. The Balaban J connectivity index is 1.81. The summed E-state index contributed by atoms with van der Waals surface area (Å²) in [5, 5.41) is 13.8. The molecule has 1 heterocycles. The molecule has 1 aromatic heterocycles. The minimum absolute atomic E-state index is 0.0218. The number of aliphatic hydroxyl groups is 1. The van der Waals surface area contributed by atoms with Crippen molar-refractivity contribution < 1.29 is 14.6 Å². The molecule has 2 rings (SSSR count). The van der Waals surface area contributed by atoms with Crippen molar-refractivity contribution in [1.82, 2.24) is 5.32 Å². The van der Waals surface area contributed by atoms with Gasteiger partial charge in [0.15, 0.2) is 0 Å². The predicted molar refractivity (Wildman–Crippen MR) is 80.6 cm³/mol. The quantitative estimate of drug-likeness (QED) is 0.758. The number of rotatable bonds is 7. The molecule has 1 aliphatic carbocycles. The third-order valence-corrected chi connectivity index (χ3v) is 4.38. The summed E-state index contributed by atoms with van der Waals surface area (Å²) in [5.74, 6) is -0.0997. The molecule has 0 bridgehead atoms. The van der Waals surface area contributed by atoms with Crippen molar-refractivity contribution in [3.05, 3.63) is 28.5 Å². The predicted octanol–water partition coefficient (Wildman–Crippen LogP) is 2.20. The van der Waals surface area contributed by atoms with Crippen LogP contribution in [0.5, 0.6) is 0 Å². The van der Waals surface area contributed by atoms with Gasteiger partial charge in [-0.2, -0.15) is 0 Å². The van der Waals surface area contributed by atoms with Crippen LogP contribution in [0.4, 0.5) is 0 Å². The van der Waals surface area contributed by atoms with E-state index in [-0.39, 0.29) is 18.1 Å². The zero-order chi connectivity index (χ0) is 14.3. The van der Waals surface area contributed by atoms with Gasteiger partial charge in [-0.25, -0.2) is 0 Å². The highest BCUT2D eigenvalue weighted by Crippen LogP contribution is 2.32. The Hall–Kier alpha value is -1.17. The summed E-state index contributed by atoms with van der Waals surface area (Å²) in [6.45, 7) is 0.871. The lowest BCUT2D eigenvalue weighted by molar-refractivity contribution is -0.118. The minimum Gasteiger partial charge on any atom is -0.394 e. The van der Waals surface area contributed by atoms with Gasteiger partial charge in [0.25, 0.3) is 0 Å². The molecular formula is C15H21NO3S. The number of carbonyl (C=O) groups excluding carboxylic acids is 1. The molecule has 4 nitrogen and oxygen atoms in total. The van der Waals surface area contributed by atoms with Gasteiger partial charge in [0.1, 0.15) is 0 Å². The SMILES string of the molecule is O=C(/C=C/c1cccs1)NCC1(OCCO)CCCC1. The first-order valence-corrected chi connectivity index (χ1v) is 7.86. The lowest BCUT2D eigenvalue weighted by Gasteiger charge is -2.29. The molecule has 0 aliphatic heterocycles. The van der Waals surface area contributed by atoms with Crippen molar-refractivity contribution in [3.63, 3.8) is 0 Å². The normalized spacial score (nSPS) is 17.6. The fourth-order valence-corrected chi connectivity index (χ4v) is 3.12. The summed E-state index contributed by atoms with van der Waals surface area (Å²) in [4.78, 5) is 12.9. The maximum Gasteiger partial charge on any atom is 0.244 e. The first-order valence-electron chi connectivity index (χ1n) is 6.98. The van der Waals surface area contributed by atoms with Crippen LogP contribution in [0, 0.1) is 0 Å². The average Bonchev–Trinajstić information content (AvgIpc) is 3.13. The Labute approximate surface area is 123 Å². The molecule has 0 unspecified atom stereocenters. The summed E-state index contributed by atoms with van der Waals surface area (Å²) < 4.78 is 5.75. The van der Waals surface area contributed by atoms with Gasteiger partial charge in [-0.3, -0.25) is 4.79 Å². The first-order chi connectivity index (χ1) is 9.74. The number of hydrogen-bond acceptors (Lipinski definition) is 4. The smallest absolute Gasteiger partial charge is 0.244 e. The highest BCUT2D eigenvalue weighted by Gasteiger charge is 2.34. The van der Waals surface area contributed by atoms with Crippen molar-refractivity contribution in [2.24, 2.45) is 0 Å². The number of ether oxygens (including phenoxy) is 1. The summed E-state index contributed by atoms with van der Waals surface area (Å²) >= 11 is 1.60.